The minimum Gasteiger partial charge on any atom is -0.444 e. The summed E-state index contributed by atoms with van der Waals surface area (Å²) < 4.78 is 5.05. The van der Waals surface area contributed by atoms with Crippen LogP contribution in [0, 0.1) is 11.3 Å². The zero-order valence-electron chi connectivity index (χ0n) is 12.1. The van der Waals surface area contributed by atoms with Gasteiger partial charge in [0, 0.05) is 0 Å². The van der Waals surface area contributed by atoms with Gasteiger partial charge >= 0.3 is 6.09 Å². The number of rotatable bonds is 6. The van der Waals surface area contributed by atoms with Gasteiger partial charge in [0.2, 0.25) is 0 Å². The van der Waals surface area contributed by atoms with Crippen molar-refractivity contribution >= 4 is 17.5 Å². The number of aromatic nitrogens is 1. The van der Waals surface area contributed by atoms with E-state index in [0.29, 0.717) is 29.9 Å². The Morgan fingerprint density at radius 1 is 1.50 bits per heavy atom. The van der Waals surface area contributed by atoms with E-state index in [1.165, 1.54) is 6.20 Å². The lowest BCUT2D eigenvalue weighted by molar-refractivity contribution is 0.0290. The second-order valence-corrected chi connectivity index (χ2v) is 5.65. The second kappa shape index (κ2) is 6.36. The summed E-state index contributed by atoms with van der Waals surface area (Å²) >= 11 is 0. The lowest BCUT2D eigenvalue weighted by Crippen LogP contribution is -2.33. The molecule has 0 fully saturated rings. The van der Waals surface area contributed by atoms with Crippen molar-refractivity contribution < 1.29 is 9.53 Å². The molecule has 6 heteroatoms. The third kappa shape index (κ3) is 5.26. The number of nitrogens with one attached hydrogen (secondary N) is 1. The van der Waals surface area contributed by atoms with Crippen molar-refractivity contribution in [3.63, 3.8) is 0 Å². The summed E-state index contributed by atoms with van der Waals surface area (Å²) in [6.07, 6.45) is 1.92. The van der Waals surface area contributed by atoms with Gasteiger partial charge in [-0.2, -0.15) is 0 Å². The first-order valence-corrected chi connectivity index (χ1v) is 6.47. The molecule has 0 unspecified atom stereocenters. The Hall–Kier alpha value is -2.11. The van der Waals surface area contributed by atoms with Gasteiger partial charge in [-0.15, -0.1) is 0 Å². The molecule has 110 valence electrons. The van der Waals surface area contributed by atoms with Crippen LogP contribution in [0.4, 0.5) is 10.5 Å². The largest absolute Gasteiger partial charge is 0.444 e. The van der Waals surface area contributed by atoms with E-state index in [-0.39, 0.29) is 5.92 Å². The highest BCUT2D eigenvalue weighted by Gasteiger charge is 2.25. The Kier molecular flexibility index (Phi) is 5.07. The highest BCUT2D eigenvalue weighted by molar-refractivity contribution is 5.96. The fourth-order valence-electron chi connectivity index (χ4n) is 2.26. The van der Waals surface area contributed by atoms with Gasteiger partial charge in [-0.05, 0) is 44.7 Å². The maximum absolute atomic E-state index is 10.8. The molecule has 0 bridgehead atoms. The normalized spacial score (nSPS) is 12.8. The van der Waals surface area contributed by atoms with Crippen LogP contribution in [0.2, 0.25) is 0 Å². The van der Waals surface area contributed by atoms with Crippen molar-refractivity contribution in [3.8, 4) is 0 Å². The van der Waals surface area contributed by atoms with Crippen molar-refractivity contribution in [2.75, 3.05) is 5.73 Å². The fourth-order valence-corrected chi connectivity index (χ4v) is 2.26. The van der Waals surface area contributed by atoms with Crippen molar-refractivity contribution in [3.05, 3.63) is 24.0 Å². The van der Waals surface area contributed by atoms with Gasteiger partial charge in [0.05, 0.1) is 23.3 Å². The summed E-state index contributed by atoms with van der Waals surface area (Å²) in [6.45, 7) is 5.61. The maximum Gasteiger partial charge on any atom is 0.405 e. The molecule has 1 aromatic rings. The molecule has 20 heavy (non-hydrogen) atoms. The molecule has 0 aliphatic rings. The summed E-state index contributed by atoms with van der Waals surface area (Å²) in [7, 11) is 0. The third-order valence-electron chi connectivity index (χ3n) is 2.87. The summed E-state index contributed by atoms with van der Waals surface area (Å²) in [5.74, 6) is 0.163. The van der Waals surface area contributed by atoms with Gasteiger partial charge in [-0.25, -0.2) is 4.79 Å². The molecule has 0 saturated heterocycles. The number of nitrogens with zero attached hydrogens (tertiary/aromatic N) is 1. The molecule has 1 rings (SSSR count). The number of hydrogen-bond donors (Lipinski definition) is 3. The zero-order chi connectivity index (χ0) is 15.3. The lowest BCUT2D eigenvalue weighted by atomic mass is 9.90. The highest BCUT2D eigenvalue weighted by atomic mass is 16.6. The SMILES string of the molecule is C[C@@H](CC(=N)c1ccc(N)cn1)CC(C)(C)OC(N)=O. The van der Waals surface area contributed by atoms with Crippen molar-refractivity contribution in [2.24, 2.45) is 11.7 Å². The topological polar surface area (TPSA) is 115 Å². The predicted octanol–water partition coefficient (Wildman–Crippen LogP) is 2.32. The Labute approximate surface area is 119 Å². The van der Waals surface area contributed by atoms with Crippen LogP contribution in [0.5, 0.6) is 0 Å². The van der Waals surface area contributed by atoms with Gasteiger partial charge < -0.3 is 21.6 Å². The van der Waals surface area contributed by atoms with Gasteiger partial charge in [-0.1, -0.05) is 6.92 Å². The van der Waals surface area contributed by atoms with Gasteiger partial charge in [0.15, 0.2) is 0 Å². The number of primary amides is 1. The zero-order valence-corrected chi connectivity index (χ0v) is 12.1. The smallest absolute Gasteiger partial charge is 0.405 e. The van der Waals surface area contributed by atoms with E-state index >= 15 is 0 Å². The number of hydrogen-bond acceptors (Lipinski definition) is 5. The lowest BCUT2D eigenvalue weighted by Gasteiger charge is -2.27. The Balaban J connectivity index is 2.57. The van der Waals surface area contributed by atoms with Gasteiger partial charge in [0.25, 0.3) is 0 Å². The monoisotopic (exact) mass is 278 g/mol. The standard InChI is InChI=1S/C14H22N4O2/c1-9(7-14(2,3)20-13(17)19)6-11(16)12-5-4-10(15)8-18-12/h4-5,8-9,16H,6-7,15H2,1-3H3,(H2,17,19)/t9-/m0/s1. The summed E-state index contributed by atoms with van der Waals surface area (Å²) in [5.41, 5.74) is 11.6. The van der Waals surface area contributed by atoms with Crippen LogP contribution in [0.15, 0.2) is 18.3 Å². The van der Waals surface area contributed by atoms with E-state index in [9.17, 15) is 4.79 Å². The molecule has 0 saturated carbocycles. The first-order chi connectivity index (χ1) is 9.19. The first kappa shape index (κ1) is 15.9. The summed E-state index contributed by atoms with van der Waals surface area (Å²) in [6, 6.07) is 3.46. The fraction of sp³-hybridized carbons (Fsp3) is 0.500. The number of pyridine rings is 1. The molecule has 0 aliphatic carbocycles. The Morgan fingerprint density at radius 3 is 2.65 bits per heavy atom. The number of nitrogens with two attached hydrogens (primary N) is 2. The van der Waals surface area contributed by atoms with Crippen LogP contribution < -0.4 is 11.5 Å². The highest BCUT2D eigenvalue weighted by Crippen LogP contribution is 2.23. The van der Waals surface area contributed by atoms with Crippen LogP contribution in [0.3, 0.4) is 0 Å². The molecule has 5 N–H and O–H groups in total. The minimum absolute atomic E-state index is 0.163. The molecule has 1 heterocycles. The summed E-state index contributed by atoms with van der Waals surface area (Å²) in [4.78, 5) is 14.9. The Morgan fingerprint density at radius 2 is 2.15 bits per heavy atom. The number of carbonyl (C=O) groups excluding carboxylic acids is 1. The molecule has 6 nitrogen and oxygen atoms in total. The molecule has 0 spiro atoms. The minimum atomic E-state index is -0.780. The van der Waals surface area contributed by atoms with E-state index in [1.807, 2.05) is 6.92 Å². The quantitative estimate of drug-likeness (QED) is 0.692. The van der Waals surface area contributed by atoms with Crippen LogP contribution in [-0.4, -0.2) is 22.4 Å². The second-order valence-electron chi connectivity index (χ2n) is 5.65. The van der Waals surface area contributed by atoms with E-state index in [4.69, 9.17) is 21.6 Å². The average molecular weight is 278 g/mol. The van der Waals surface area contributed by atoms with E-state index in [2.05, 4.69) is 4.98 Å². The number of anilines is 1. The van der Waals surface area contributed by atoms with E-state index in [0.717, 1.165) is 0 Å². The molecule has 1 aromatic heterocycles. The molecule has 0 aliphatic heterocycles. The number of amides is 1. The molecule has 0 aromatic carbocycles. The van der Waals surface area contributed by atoms with Crippen LogP contribution in [0.1, 0.15) is 39.3 Å². The number of carbonyl (C=O) groups is 1. The van der Waals surface area contributed by atoms with E-state index in [1.54, 1.807) is 26.0 Å². The van der Waals surface area contributed by atoms with Crippen LogP contribution in [-0.2, 0) is 4.74 Å². The number of ether oxygens (including phenoxy) is 1. The third-order valence-corrected chi connectivity index (χ3v) is 2.87. The maximum atomic E-state index is 10.8. The van der Waals surface area contributed by atoms with Crippen molar-refractivity contribution in [1.82, 2.24) is 4.98 Å². The predicted molar refractivity (Wildman–Crippen MR) is 78.6 cm³/mol. The van der Waals surface area contributed by atoms with Gasteiger partial charge in [0.1, 0.15) is 5.60 Å². The average Bonchev–Trinajstić information content (AvgIpc) is 2.26. The van der Waals surface area contributed by atoms with Gasteiger partial charge in [-0.3, -0.25) is 4.98 Å². The van der Waals surface area contributed by atoms with Crippen molar-refractivity contribution in [1.29, 1.82) is 5.41 Å². The molecule has 0 radical (unpaired) electrons. The van der Waals surface area contributed by atoms with E-state index < -0.39 is 11.7 Å². The summed E-state index contributed by atoms with van der Waals surface area (Å²) in [5, 5.41) is 8.04. The molecular weight excluding hydrogens is 256 g/mol. The molecule has 1 amide bonds. The molecule has 1 atom stereocenters. The van der Waals surface area contributed by atoms with Crippen molar-refractivity contribution in [2.45, 2.75) is 39.2 Å². The Bertz CT molecular complexity index is 482. The number of nitrogen functional groups attached to an aromatic ring is 1. The first-order valence-electron chi connectivity index (χ1n) is 6.47. The molecular formula is C14H22N4O2. The van der Waals surface area contributed by atoms with Crippen LogP contribution in [0.25, 0.3) is 0 Å². The van der Waals surface area contributed by atoms with Crippen LogP contribution >= 0.6 is 0 Å².